The van der Waals surface area contributed by atoms with Crippen molar-refractivity contribution in [2.45, 2.75) is 31.8 Å². The Morgan fingerprint density at radius 3 is 2.77 bits per heavy atom. The van der Waals surface area contributed by atoms with Gasteiger partial charge in [-0.2, -0.15) is 0 Å². The van der Waals surface area contributed by atoms with E-state index < -0.39 is 29.1 Å². The average molecular weight is 357 g/mol. The van der Waals surface area contributed by atoms with Crippen LogP contribution in [0.5, 0.6) is 0 Å². The topological polar surface area (TPSA) is 46.6 Å². The fourth-order valence-electron chi connectivity index (χ4n) is 3.79. The van der Waals surface area contributed by atoms with E-state index in [-0.39, 0.29) is 12.1 Å². The van der Waals surface area contributed by atoms with Gasteiger partial charge in [-0.3, -0.25) is 4.79 Å². The summed E-state index contributed by atoms with van der Waals surface area (Å²) in [7, 11) is 0. The minimum Gasteiger partial charge on any atom is -0.445 e. The molecule has 0 aliphatic carbocycles. The van der Waals surface area contributed by atoms with Crippen LogP contribution in [0.25, 0.3) is 0 Å². The molecule has 1 amide bonds. The maximum atomic E-state index is 14.4. The van der Waals surface area contributed by atoms with Crippen molar-refractivity contribution in [1.82, 2.24) is 0 Å². The van der Waals surface area contributed by atoms with Gasteiger partial charge in [0, 0.05) is 19.0 Å². The first-order chi connectivity index (χ1) is 12.4. The molecule has 0 bridgehead atoms. The predicted molar refractivity (Wildman–Crippen MR) is 91.0 cm³/mol. The Bertz CT molecular complexity index is 927. The van der Waals surface area contributed by atoms with Crippen LogP contribution in [0.15, 0.2) is 36.4 Å². The van der Waals surface area contributed by atoms with E-state index in [2.05, 4.69) is 0 Å². The maximum absolute atomic E-state index is 14.4. The number of esters is 1. The Morgan fingerprint density at radius 1 is 1.19 bits per heavy atom. The lowest BCUT2D eigenvalue weighted by molar-refractivity contribution is -0.137. The van der Waals surface area contributed by atoms with Crippen molar-refractivity contribution in [2.75, 3.05) is 11.4 Å². The number of benzene rings is 2. The molecule has 0 aromatic heterocycles. The van der Waals surface area contributed by atoms with Crippen LogP contribution in [0.2, 0.25) is 0 Å². The lowest BCUT2D eigenvalue weighted by atomic mass is 9.88. The van der Waals surface area contributed by atoms with Crippen LogP contribution >= 0.6 is 0 Å². The zero-order valence-corrected chi connectivity index (χ0v) is 14.2. The van der Waals surface area contributed by atoms with E-state index in [9.17, 15) is 18.4 Å². The maximum Gasteiger partial charge on any atom is 0.339 e. The summed E-state index contributed by atoms with van der Waals surface area (Å²) in [4.78, 5) is 26.8. The number of carbonyl (C=O) groups is 2. The molecule has 2 aliphatic rings. The first-order valence-corrected chi connectivity index (χ1v) is 8.50. The van der Waals surface area contributed by atoms with Crippen molar-refractivity contribution in [3.8, 4) is 0 Å². The molecule has 0 N–H and O–H groups in total. The highest BCUT2D eigenvalue weighted by molar-refractivity contribution is 6.04. The molecule has 0 saturated carbocycles. The van der Waals surface area contributed by atoms with Crippen molar-refractivity contribution < 1.29 is 23.1 Å². The van der Waals surface area contributed by atoms with Crippen molar-refractivity contribution in [2.24, 2.45) is 0 Å². The molecular formula is C20H17F2NO3. The van der Waals surface area contributed by atoms with Crippen LogP contribution < -0.4 is 4.90 Å². The number of rotatable bonds is 1. The number of ether oxygens (including phenoxy) is 1. The lowest BCUT2D eigenvalue weighted by Gasteiger charge is -2.39. The SMILES string of the molecule is CC1(C(=O)N2CCCc3cc(F)cc(F)c32)Cc2ccccc2C(=O)O1. The molecule has 2 aliphatic heterocycles. The molecule has 6 heteroatoms. The largest absolute Gasteiger partial charge is 0.445 e. The van der Waals surface area contributed by atoms with Crippen LogP contribution in [-0.2, 0) is 22.4 Å². The van der Waals surface area contributed by atoms with Gasteiger partial charge >= 0.3 is 5.97 Å². The third kappa shape index (κ3) is 2.57. The van der Waals surface area contributed by atoms with Gasteiger partial charge in [0.1, 0.15) is 11.6 Å². The van der Waals surface area contributed by atoms with Gasteiger partial charge in [0.25, 0.3) is 5.91 Å². The average Bonchev–Trinajstić information content (AvgIpc) is 2.60. The molecule has 4 rings (SSSR count). The second-order valence-corrected chi connectivity index (χ2v) is 6.91. The van der Waals surface area contributed by atoms with Crippen LogP contribution in [0.1, 0.15) is 34.8 Å². The third-order valence-electron chi connectivity index (χ3n) is 4.99. The molecule has 4 nitrogen and oxygen atoms in total. The van der Waals surface area contributed by atoms with Gasteiger partial charge in [-0.1, -0.05) is 18.2 Å². The van der Waals surface area contributed by atoms with E-state index in [1.54, 1.807) is 31.2 Å². The Labute approximate surface area is 149 Å². The molecule has 0 saturated heterocycles. The lowest BCUT2D eigenvalue weighted by Crippen LogP contribution is -2.54. The minimum absolute atomic E-state index is 0.0822. The van der Waals surface area contributed by atoms with Crippen LogP contribution in [-0.4, -0.2) is 24.0 Å². The second-order valence-electron chi connectivity index (χ2n) is 6.91. The number of carbonyl (C=O) groups excluding carboxylic acids is 2. The molecule has 2 aromatic rings. The zero-order valence-electron chi connectivity index (χ0n) is 14.2. The fourth-order valence-corrected chi connectivity index (χ4v) is 3.79. The number of amides is 1. The summed E-state index contributed by atoms with van der Waals surface area (Å²) < 4.78 is 33.4. The van der Waals surface area contributed by atoms with E-state index in [0.717, 1.165) is 11.6 Å². The number of nitrogens with zero attached hydrogens (tertiary/aromatic N) is 1. The normalized spacial score (nSPS) is 21.7. The minimum atomic E-state index is -1.43. The first kappa shape index (κ1) is 16.7. The fraction of sp³-hybridized carbons (Fsp3) is 0.300. The predicted octanol–water partition coefficient (Wildman–Crippen LogP) is 3.42. The number of hydrogen-bond donors (Lipinski definition) is 0. The van der Waals surface area contributed by atoms with Gasteiger partial charge in [0.2, 0.25) is 0 Å². The van der Waals surface area contributed by atoms with Gasteiger partial charge in [0.15, 0.2) is 5.60 Å². The quantitative estimate of drug-likeness (QED) is 0.735. The third-order valence-corrected chi connectivity index (χ3v) is 4.99. The van der Waals surface area contributed by atoms with Crippen LogP contribution in [0.4, 0.5) is 14.5 Å². The highest BCUT2D eigenvalue weighted by atomic mass is 19.1. The molecule has 2 heterocycles. The molecule has 1 atom stereocenters. The number of fused-ring (bicyclic) bond motifs is 2. The number of aryl methyl sites for hydroxylation is 1. The Morgan fingerprint density at radius 2 is 1.96 bits per heavy atom. The monoisotopic (exact) mass is 357 g/mol. The highest BCUT2D eigenvalue weighted by Crippen LogP contribution is 2.36. The van der Waals surface area contributed by atoms with Gasteiger partial charge in [-0.25, -0.2) is 13.6 Å². The first-order valence-electron chi connectivity index (χ1n) is 8.50. The van der Waals surface area contributed by atoms with E-state index >= 15 is 0 Å². The van der Waals surface area contributed by atoms with Gasteiger partial charge in [-0.15, -0.1) is 0 Å². The number of cyclic esters (lactones) is 1. The zero-order chi connectivity index (χ0) is 18.5. The Balaban J connectivity index is 1.73. The molecule has 1 unspecified atom stereocenters. The van der Waals surface area contributed by atoms with Crippen molar-refractivity contribution in [3.05, 3.63) is 64.7 Å². The van der Waals surface area contributed by atoms with Crippen molar-refractivity contribution in [1.29, 1.82) is 0 Å². The smallest absolute Gasteiger partial charge is 0.339 e. The second kappa shape index (κ2) is 5.90. The molecular weight excluding hydrogens is 340 g/mol. The molecule has 0 fully saturated rings. The van der Waals surface area contributed by atoms with E-state index in [4.69, 9.17) is 4.74 Å². The summed E-state index contributed by atoms with van der Waals surface area (Å²) in [5.74, 6) is -2.51. The van der Waals surface area contributed by atoms with Gasteiger partial charge < -0.3 is 9.64 Å². The number of halogens is 2. The summed E-state index contributed by atoms with van der Waals surface area (Å²) in [5.41, 5.74) is 0.259. The van der Waals surface area contributed by atoms with Gasteiger partial charge in [-0.05, 0) is 43.0 Å². The summed E-state index contributed by atoms with van der Waals surface area (Å²) in [6, 6.07) is 8.98. The molecule has 0 radical (unpaired) electrons. The van der Waals surface area contributed by atoms with Crippen LogP contribution in [0, 0.1) is 11.6 Å². The standard InChI is InChI=1S/C20H17F2NO3/c1-20(11-13-5-2-3-7-15(13)18(24)26-20)19(25)23-8-4-6-12-9-14(21)10-16(22)17(12)23/h2-3,5,7,9-10H,4,6,8,11H2,1H3. The molecule has 134 valence electrons. The summed E-state index contributed by atoms with van der Waals surface area (Å²) >= 11 is 0. The van der Waals surface area contributed by atoms with Crippen molar-refractivity contribution in [3.63, 3.8) is 0 Å². The van der Waals surface area contributed by atoms with Crippen LogP contribution in [0.3, 0.4) is 0 Å². The van der Waals surface area contributed by atoms with Gasteiger partial charge in [0.05, 0.1) is 11.3 Å². The summed E-state index contributed by atoms with van der Waals surface area (Å²) in [6.45, 7) is 1.84. The Hall–Kier alpha value is -2.76. The number of anilines is 1. The van der Waals surface area contributed by atoms with E-state index in [1.165, 1.54) is 11.0 Å². The Kier molecular flexibility index (Phi) is 3.79. The molecule has 26 heavy (non-hydrogen) atoms. The van der Waals surface area contributed by atoms with E-state index in [0.29, 0.717) is 30.5 Å². The molecule has 2 aromatic carbocycles. The molecule has 0 spiro atoms. The summed E-state index contributed by atoms with van der Waals surface area (Å²) in [5, 5.41) is 0. The van der Waals surface area contributed by atoms with Crippen molar-refractivity contribution >= 4 is 17.6 Å². The highest BCUT2D eigenvalue weighted by Gasteiger charge is 2.46. The summed E-state index contributed by atoms with van der Waals surface area (Å²) in [6.07, 6.45) is 1.29. The number of hydrogen-bond acceptors (Lipinski definition) is 3. The van der Waals surface area contributed by atoms with E-state index in [1.807, 2.05) is 0 Å².